The number of benzene rings is 2. The zero-order chi connectivity index (χ0) is 20.7. The second kappa shape index (κ2) is 7.62. The summed E-state index contributed by atoms with van der Waals surface area (Å²) in [6.07, 6.45) is 0. The van der Waals surface area contributed by atoms with E-state index in [0.717, 1.165) is 22.5 Å². The fraction of sp³-hybridized carbons (Fsp3) is 0.100. The molecular weight excluding hydrogens is 430 g/mol. The van der Waals surface area contributed by atoms with Crippen LogP contribution >= 0.6 is 35.6 Å². The van der Waals surface area contributed by atoms with Gasteiger partial charge in [0.2, 0.25) is 0 Å². The second-order valence-electron chi connectivity index (χ2n) is 6.20. The van der Waals surface area contributed by atoms with Gasteiger partial charge in [-0.2, -0.15) is 5.01 Å². The van der Waals surface area contributed by atoms with Gasteiger partial charge in [0.25, 0.3) is 17.7 Å². The van der Waals surface area contributed by atoms with Crippen LogP contribution < -0.4 is 10.3 Å². The number of amides is 3. The third kappa shape index (κ3) is 3.23. The van der Waals surface area contributed by atoms with Crippen molar-refractivity contribution in [1.29, 1.82) is 0 Å². The molecule has 2 heterocycles. The maximum absolute atomic E-state index is 13.0. The van der Waals surface area contributed by atoms with Gasteiger partial charge in [0, 0.05) is 12.1 Å². The summed E-state index contributed by atoms with van der Waals surface area (Å²) in [4.78, 5) is 40.4. The van der Waals surface area contributed by atoms with Crippen LogP contribution in [0, 0.1) is 0 Å². The number of nitrogens with zero attached hydrogens (tertiary/aromatic N) is 2. The number of thioether (sulfide) groups is 1. The predicted molar refractivity (Wildman–Crippen MR) is 117 cm³/mol. The van der Waals surface area contributed by atoms with E-state index < -0.39 is 11.8 Å². The number of hydrogen-bond acceptors (Lipinski definition) is 5. The summed E-state index contributed by atoms with van der Waals surface area (Å²) in [5, 5.41) is 1.24. The van der Waals surface area contributed by atoms with Crippen molar-refractivity contribution in [2.75, 3.05) is 11.4 Å². The quantitative estimate of drug-likeness (QED) is 0.579. The molecule has 1 saturated heterocycles. The standard InChI is InChI=1S/C20H14ClN3O3S2/c1-2-23-14-10-6-4-8-12(14)15(18(23)26)16-19(27)24(20(28)29-16)22-17(25)11-7-3-5-9-13(11)21/h3-10H,2H2,1H3,(H,22,25)/b16-15-. The lowest BCUT2D eigenvalue weighted by Crippen LogP contribution is -2.45. The van der Waals surface area contributed by atoms with Crippen LogP contribution in [0.3, 0.4) is 0 Å². The number of rotatable bonds is 3. The maximum Gasteiger partial charge on any atom is 0.286 e. The monoisotopic (exact) mass is 443 g/mol. The highest BCUT2D eigenvalue weighted by Gasteiger charge is 2.42. The maximum atomic E-state index is 13.0. The Hall–Kier alpha value is -2.68. The van der Waals surface area contributed by atoms with Gasteiger partial charge in [0.05, 0.1) is 26.8 Å². The number of thiocarbonyl (C=S) groups is 1. The van der Waals surface area contributed by atoms with Gasteiger partial charge in [-0.3, -0.25) is 19.8 Å². The molecule has 1 N–H and O–H groups in total. The van der Waals surface area contributed by atoms with Crippen molar-refractivity contribution in [3.05, 3.63) is 69.6 Å². The summed E-state index contributed by atoms with van der Waals surface area (Å²) in [6.45, 7) is 2.34. The molecule has 0 unspecified atom stereocenters. The number of fused-ring (bicyclic) bond motifs is 1. The lowest BCUT2D eigenvalue weighted by molar-refractivity contribution is -0.124. The normalized spacial score (nSPS) is 18.5. The number of anilines is 1. The van der Waals surface area contributed by atoms with Gasteiger partial charge in [-0.25, -0.2) is 0 Å². The molecule has 29 heavy (non-hydrogen) atoms. The third-order valence-electron chi connectivity index (χ3n) is 4.57. The van der Waals surface area contributed by atoms with Crippen LogP contribution in [-0.2, 0) is 9.59 Å². The molecule has 0 saturated carbocycles. The number of carbonyl (C=O) groups excluding carboxylic acids is 3. The summed E-state index contributed by atoms with van der Waals surface area (Å²) in [6, 6.07) is 13.8. The van der Waals surface area contributed by atoms with E-state index >= 15 is 0 Å². The molecule has 6 nitrogen and oxygen atoms in total. The first kappa shape index (κ1) is 19.6. The molecule has 3 amide bonds. The summed E-state index contributed by atoms with van der Waals surface area (Å²) in [5.41, 5.74) is 4.44. The molecule has 2 aliphatic rings. The van der Waals surface area contributed by atoms with Crippen LogP contribution in [0.15, 0.2) is 53.4 Å². The molecule has 0 bridgehead atoms. The highest BCUT2D eigenvalue weighted by atomic mass is 35.5. The minimum atomic E-state index is -0.563. The largest absolute Gasteiger partial charge is 0.308 e. The van der Waals surface area contributed by atoms with Crippen molar-refractivity contribution in [2.45, 2.75) is 6.92 Å². The first-order valence-electron chi connectivity index (χ1n) is 8.71. The molecule has 0 aromatic heterocycles. The first-order valence-corrected chi connectivity index (χ1v) is 10.3. The molecule has 9 heteroatoms. The second-order valence-corrected chi connectivity index (χ2v) is 8.25. The molecule has 0 radical (unpaired) electrons. The Balaban J connectivity index is 1.69. The Kier molecular flexibility index (Phi) is 5.16. The van der Waals surface area contributed by atoms with Gasteiger partial charge in [0.15, 0.2) is 4.32 Å². The predicted octanol–water partition coefficient (Wildman–Crippen LogP) is 3.62. The summed E-state index contributed by atoms with van der Waals surface area (Å²) < 4.78 is 0.137. The Morgan fingerprint density at radius 3 is 2.52 bits per heavy atom. The lowest BCUT2D eigenvalue weighted by Gasteiger charge is -2.16. The van der Waals surface area contributed by atoms with Gasteiger partial charge in [-0.05, 0) is 37.3 Å². The number of halogens is 1. The number of para-hydroxylation sites is 1. The van der Waals surface area contributed by atoms with Crippen molar-refractivity contribution >= 4 is 68.9 Å². The minimum Gasteiger partial charge on any atom is -0.308 e. The van der Waals surface area contributed by atoms with E-state index in [9.17, 15) is 14.4 Å². The van der Waals surface area contributed by atoms with Crippen LogP contribution in [0.5, 0.6) is 0 Å². The number of likely N-dealkylation sites (N-methyl/N-ethyl adjacent to an activating group) is 1. The number of hydrogen-bond donors (Lipinski definition) is 1. The lowest BCUT2D eigenvalue weighted by atomic mass is 10.1. The van der Waals surface area contributed by atoms with Crippen molar-refractivity contribution in [3.63, 3.8) is 0 Å². The van der Waals surface area contributed by atoms with E-state index in [4.69, 9.17) is 23.8 Å². The first-order chi connectivity index (χ1) is 13.9. The average Bonchev–Trinajstić information content (AvgIpc) is 3.15. The van der Waals surface area contributed by atoms with E-state index in [0.29, 0.717) is 17.7 Å². The number of nitrogens with one attached hydrogen (secondary N) is 1. The van der Waals surface area contributed by atoms with Gasteiger partial charge >= 0.3 is 0 Å². The highest BCUT2D eigenvalue weighted by Crippen LogP contribution is 2.44. The van der Waals surface area contributed by atoms with Crippen molar-refractivity contribution in [1.82, 2.24) is 10.4 Å². The summed E-state index contributed by atoms with van der Waals surface area (Å²) >= 11 is 12.3. The summed E-state index contributed by atoms with van der Waals surface area (Å²) in [5.74, 6) is -1.37. The average molecular weight is 444 g/mol. The van der Waals surface area contributed by atoms with Gasteiger partial charge in [0.1, 0.15) is 0 Å². The van der Waals surface area contributed by atoms with E-state index in [-0.39, 0.29) is 25.7 Å². The molecule has 2 aliphatic heterocycles. The van der Waals surface area contributed by atoms with Crippen LogP contribution in [-0.4, -0.2) is 33.6 Å². The Bertz CT molecular complexity index is 1120. The molecule has 1 fully saturated rings. The van der Waals surface area contributed by atoms with E-state index in [1.54, 1.807) is 35.2 Å². The topological polar surface area (TPSA) is 69.7 Å². The van der Waals surface area contributed by atoms with E-state index in [2.05, 4.69) is 5.43 Å². The highest BCUT2D eigenvalue weighted by molar-refractivity contribution is 8.26. The summed E-state index contributed by atoms with van der Waals surface area (Å²) in [7, 11) is 0. The van der Waals surface area contributed by atoms with Crippen LogP contribution in [0.1, 0.15) is 22.8 Å². The van der Waals surface area contributed by atoms with Crippen LogP contribution in [0.4, 0.5) is 5.69 Å². The molecule has 146 valence electrons. The van der Waals surface area contributed by atoms with Gasteiger partial charge < -0.3 is 4.90 Å². The molecule has 0 spiro atoms. The Morgan fingerprint density at radius 1 is 1.10 bits per heavy atom. The Labute approximate surface area is 181 Å². The number of hydrazine groups is 1. The fourth-order valence-corrected chi connectivity index (χ4v) is 4.71. The fourth-order valence-electron chi connectivity index (χ4n) is 3.24. The van der Waals surface area contributed by atoms with E-state index in [1.807, 2.05) is 25.1 Å². The van der Waals surface area contributed by atoms with Gasteiger partial charge in [-0.1, -0.05) is 53.7 Å². The zero-order valence-electron chi connectivity index (χ0n) is 15.1. The van der Waals surface area contributed by atoms with E-state index in [1.165, 1.54) is 0 Å². The molecule has 2 aromatic carbocycles. The molecular formula is C20H14ClN3O3S2. The Morgan fingerprint density at radius 2 is 1.79 bits per heavy atom. The van der Waals surface area contributed by atoms with Crippen molar-refractivity contribution in [3.8, 4) is 0 Å². The molecule has 0 aliphatic carbocycles. The third-order valence-corrected chi connectivity index (χ3v) is 6.27. The molecule has 4 rings (SSSR count). The van der Waals surface area contributed by atoms with Crippen molar-refractivity contribution < 1.29 is 14.4 Å². The smallest absolute Gasteiger partial charge is 0.286 e. The van der Waals surface area contributed by atoms with Crippen molar-refractivity contribution in [2.24, 2.45) is 0 Å². The SMILES string of the molecule is CCN1C(=O)/C(=C2\SC(=S)N(NC(=O)c3ccccc3Cl)C2=O)c2ccccc21. The number of carbonyl (C=O) groups is 3. The molecule has 2 aromatic rings. The van der Waals surface area contributed by atoms with Crippen LogP contribution in [0.2, 0.25) is 5.02 Å². The van der Waals surface area contributed by atoms with Gasteiger partial charge in [-0.15, -0.1) is 0 Å². The molecule has 0 atom stereocenters. The zero-order valence-corrected chi connectivity index (χ0v) is 17.5. The van der Waals surface area contributed by atoms with Crippen LogP contribution in [0.25, 0.3) is 5.57 Å². The minimum absolute atomic E-state index is 0.137.